The van der Waals surface area contributed by atoms with Gasteiger partial charge in [-0.25, -0.2) is 0 Å². The SMILES string of the molecule is Cc1nn(CCC(=O)N(CCC(=O)O)CC(C)C)c(C)c1[N+](=O)[O-]. The first kappa shape index (κ1) is 19.6. The summed E-state index contributed by atoms with van der Waals surface area (Å²) in [4.78, 5) is 35.1. The maximum atomic E-state index is 12.4. The molecule has 0 saturated carbocycles. The second kappa shape index (κ2) is 8.42. The van der Waals surface area contributed by atoms with Gasteiger partial charge in [0.05, 0.1) is 17.9 Å². The van der Waals surface area contributed by atoms with Crippen LogP contribution < -0.4 is 0 Å². The van der Waals surface area contributed by atoms with Crippen molar-refractivity contribution in [1.82, 2.24) is 14.7 Å². The third-order valence-electron chi connectivity index (χ3n) is 3.60. The fourth-order valence-electron chi connectivity index (χ4n) is 2.52. The Labute approximate surface area is 140 Å². The maximum absolute atomic E-state index is 12.4. The van der Waals surface area contributed by atoms with Crippen molar-refractivity contribution in [3.05, 3.63) is 21.5 Å². The van der Waals surface area contributed by atoms with Crippen LogP contribution in [0.4, 0.5) is 5.69 Å². The molecule has 1 aromatic rings. The third kappa shape index (κ3) is 5.32. The molecule has 0 aliphatic rings. The Kier molecular flexibility index (Phi) is 6.87. The molecule has 1 N–H and O–H groups in total. The molecule has 9 heteroatoms. The predicted octanol–water partition coefficient (Wildman–Crippen LogP) is 1.76. The number of carbonyl (C=O) groups is 2. The zero-order valence-electron chi connectivity index (χ0n) is 14.5. The van der Waals surface area contributed by atoms with Gasteiger partial charge in [0.15, 0.2) is 0 Å². The number of amides is 1. The van der Waals surface area contributed by atoms with E-state index in [-0.39, 0.29) is 43.4 Å². The second-order valence-electron chi connectivity index (χ2n) is 6.13. The van der Waals surface area contributed by atoms with E-state index in [1.165, 1.54) is 9.58 Å². The van der Waals surface area contributed by atoms with E-state index in [1.807, 2.05) is 13.8 Å². The molecule has 1 amide bonds. The highest BCUT2D eigenvalue weighted by atomic mass is 16.6. The minimum Gasteiger partial charge on any atom is -0.481 e. The topological polar surface area (TPSA) is 119 Å². The van der Waals surface area contributed by atoms with Gasteiger partial charge in [0.2, 0.25) is 5.91 Å². The van der Waals surface area contributed by atoms with Gasteiger partial charge >= 0.3 is 11.7 Å². The lowest BCUT2D eigenvalue weighted by Crippen LogP contribution is -2.36. The van der Waals surface area contributed by atoms with Crippen molar-refractivity contribution >= 4 is 17.6 Å². The Balaban J connectivity index is 2.76. The molecule has 24 heavy (non-hydrogen) atoms. The number of rotatable bonds is 9. The highest BCUT2D eigenvalue weighted by Crippen LogP contribution is 2.22. The molecular weight excluding hydrogens is 316 g/mol. The van der Waals surface area contributed by atoms with Crippen LogP contribution in [-0.4, -0.2) is 49.7 Å². The number of nitrogens with zero attached hydrogens (tertiary/aromatic N) is 4. The van der Waals surface area contributed by atoms with Crippen LogP contribution in [0.15, 0.2) is 0 Å². The Bertz CT molecular complexity index is 624. The normalized spacial score (nSPS) is 10.9. The first-order valence-corrected chi connectivity index (χ1v) is 7.81. The first-order chi connectivity index (χ1) is 11.1. The van der Waals surface area contributed by atoms with Crippen LogP contribution in [-0.2, 0) is 16.1 Å². The van der Waals surface area contributed by atoms with Gasteiger partial charge in [0.1, 0.15) is 11.4 Å². The second-order valence-corrected chi connectivity index (χ2v) is 6.13. The van der Waals surface area contributed by atoms with Gasteiger partial charge < -0.3 is 10.0 Å². The van der Waals surface area contributed by atoms with Crippen LogP contribution in [0.1, 0.15) is 38.1 Å². The summed E-state index contributed by atoms with van der Waals surface area (Å²) in [5.41, 5.74) is 0.688. The van der Waals surface area contributed by atoms with Crippen LogP contribution in [0, 0.1) is 29.9 Å². The first-order valence-electron chi connectivity index (χ1n) is 7.81. The fourth-order valence-corrected chi connectivity index (χ4v) is 2.52. The van der Waals surface area contributed by atoms with Crippen molar-refractivity contribution < 1.29 is 19.6 Å². The van der Waals surface area contributed by atoms with Crippen molar-refractivity contribution in [2.75, 3.05) is 13.1 Å². The third-order valence-corrected chi connectivity index (χ3v) is 3.60. The van der Waals surface area contributed by atoms with E-state index in [4.69, 9.17) is 5.11 Å². The summed E-state index contributed by atoms with van der Waals surface area (Å²) in [7, 11) is 0. The molecule has 0 unspecified atom stereocenters. The molecule has 0 aliphatic carbocycles. The zero-order chi connectivity index (χ0) is 18.4. The fraction of sp³-hybridized carbons (Fsp3) is 0.667. The summed E-state index contributed by atoms with van der Waals surface area (Å²) in [6.07, 6.45) is 0.00922. The standard InChI is InChI=1S/C15H24N4O5/c1-10(2)9-17(7-6-14(21)22)13(20)5-8-18-12(4)15(19(23)24)11(3)16-18/h10H,5-9H2,1-4H3,(H,21,22). The maximum Gasteiger partial charge on any atom is 0.312 e. The molecule has 0 spiro atoms. The molecule has 0 fully saturated rings. The Morgan fingerprint density at radius 2 is 1.96 bits per heavy atom. The highest BCUT2D eigenvalue weighted by molar-refractivity contribution is 5.77. The van der Waals surface area contributed by atoms with Crippen LogP contribution in [0.2, 0.25) is 0 Å². The number of aliphatic carboxylic acids is 1. The van der Waals surface area contributed by atoms with Gasteiger partial charge in [-0.3, -0.25) is 24.4 Å². The Hall–Kier alpha value is -2.45. The zero-order valence-corrected chi connectivity index (χ0v) is 14.5. The molecule has 0 radical (unpaired) electrons. The Morgan fingerprint density at radius 1 is 1.33 bits per heavy atom. The molecule has 0 aromatic carbocycles. The summed E-state index contributed by atoms with van der Waals surface area (Å²) in [5.74, 6) is -0.914. The van der Waals surface area contributed by atoms with E-state index in [9.17, 15) is 19.7 Å². The number of nitro groups is 1. The minimum absolute atomic E-state index is 0.0348. The number of aromatic nitrogens is 2. The summed E-state index contributed by atoms with van der Waals surface area (Å²) >= 11 is 0. The van der Waals surface area contributed by atoms with Gasteiger partial charge in [-0.15, -0.1) is 0 Å². The Morgan fingerprint density at radius 3 is 2.42 bits per heavy atom. The van der Waals surface area contributed by atoms with E-state index in [1.54, 1.807) is 13.8 Å². The molecule has 0 aliphatic heterocycles. The minimum atomic E-state index is -0.953. The van der Waals surface area contributed by atoms with E-state index >= 15 is 0 Å². The summed E-state index contributed by atoms with van der Waals surface area (Å²) in [6, 6.07) is 0. The average Bonchev–Trinajstić information content (AvgIpc) is 2.74. The summed E-state index contributed by atoms with van der Waals surface area (Å²) < 4.78 is 1.45. The molecule has 1 heterocycles. The van der Waals surface area contributed by atoms with E-state index in [0.717, 1.165) is 0 Å². The lowest BCUT2D eigenvalue weighted by molar-refractivity contribution is -0.386. The van der Waals surface area contributed by atoms with Gasteiger partial charge in [-0.2, -0.15) is 5.10 Å². The van der Waals surface area contributed by atoms with Crippen molar-refractivity contribution in [1.29, 1.82) is 0 Å². The average molecular weight is 340 g/mol. The smallest absolute Gasteiger partial charge is 0.312 e. The van der Waals surface area contributed by atoms with Crippen molar-refractivity contribution in [2.24, 2.45) is 5.92 Å². The van der Waals surface area contributed by atoms with E-state index in [2.05, 4.69) is 5.10 Å². The number of carboxylic acid groups (broad SMARTS) is 1. The number of hydrogen-bond donors (Lipinski definition) is 1. The molecule has 1 rings (SSSR count). The molecule has 9 nitrogen and oxygen atoms in total. The van der Waals surface area contributed by atoms with Gasteiger partial charge in [-0.05, 0) is 19.8 Å². The molecule has 134 valence electrons. The molecule has 0 bridgehead atoms. The van der Waals surface area contributed by atoms with Crippen molar-refractivity contribution in [2.45, 2.75) is 47.1 Å². The lowest BCUT2D eigenvalue weighted by atomic mass is 10.2. The number of aryl methyl sites for hydroxylation is 2. The van der Waals surface area contributed by atoms with Crippen molar-refractivity contribution in [3.8, 4) is 0 Å². The van der Waals surface area contributed by atoms with Gasteiger partial charge in [0.25, 0.3) is 0 Å². The molecule has 0 atom stereocenters. The van der Waals surface area contributed by atoms with Crippen LogP contribution in [0.3, 0.4) is 0 Å². The number of hydrogen-bond acceptors (Lipinski definition) is 5. The predicted molar refractivity (Wildman–Crippen MR) is 86.6 cm³/mol. The van der Waals surface area contributed by atoms with Gasteiger partial charge in [0, 0.05) is 19.5 Å². The lowest BCUT2D eigenvalue weighted by Gasteiger charge is -2.24. The highest BCUT2D eigenvalue weighted by Gasteiger charge is 2.23. The number of carbonyl (C=O) groups excluding carboxylic acids is 1. The monoisotopic (exact) mass is 340 g/mol. The van der Waals surface area contributed by atoms with E-state index < -0.39 is 10.9 Å². The van der Waals surface area contributed by atoms with E-state index in [0.29, 0.717) is 17.9 Å². The summed E-state index contributed by atoms with van der Waals surface area (Å²) in [5, 5.41) is 23.9. The largest absolute Gasteiger partial charge is 0.481 e. The molecular formula is C15H24N4O5. The summed E-state index contributed by atoms with van der Waals surface area (Å²) in [6.45, 7) is 7.91. The van der Waals surface area contributed by atoms with Crippen LogP contribution >= 0.6 is 0 Å². The van der Waals surface area contributed by atoms with Crippen LogP contribution in [0.5, 0.6) is 0 Å². The molecule has 0 saturated heterocycles. The van der Waals surface area contributed by atoms with Gasteiger partial charge in [-0.1, -0.05) is 13.8 Å². The quantitative estimate of drug-likeness (QED) is 0.540. The van der Waals surface area contributed by atoms with Crippen molar-refractivity contribution in [3.63, 3.8) is 0 Å². The number of carboxylic acids is 1. The molecule has 1 aromatic heterocycles. The van der Waals surface area contributed by atoms with Crippen LogP contribution in [0.25, 0.3) is 0 Å².